The van der Waals surface area contributed by atoms with Crippen molar-refractivity contribution in [2.45, 2.75) is 19.3 Å². The average Bonchev–Trinajstić information content (AvgIpc) is 2.17. The molecule has 0 N–H and O–H groups in total. The van der Waals surface area contributed by atoms with E-state index in [1.807, 2.05) is 0 Å². The molecule has 1 rings (SSSR count). The van der Waals surface area contributed by atoms with Crippen LogP contribution in [0.1, 0.15) is 18.4 Å². The van der Waals surface area contributed by atoms with Crippen LogP contribution in [0.15, 0.2) is 30.3 Å². The Balaban J connectivity index is 2.80. The highest BCUT2D eigenvalue weighted by atomic mass is 19.3. The SMILES string of the molecule is CC(C(=O)C(F)F)c1ccccc1. The third kappa shape index (κ3) is 2.34. The summed E-state index contributed by atoms with van der Waals surface area (Å²) < 4.78 is 24.0. The van der Waals surface area contributed by atoms with Gasteiger partial charge in [-0.05, 0) is 5.56 Å². The fourth-order valence-corrected chi connectivity index (χ4v) is 1.09. The van der Waals surface area contributed by atoms with Crippen molar-refractivity contribution in [3.63, 3.8) is 0 Å². The number of carbonyl (C=O) groups is 1. The molecule has 0 aliphatic carbocycles. The molecule has 0 saturated carbocycles. The van der Waals surface area contributed by atoms with Gasteiger partial charge in [-0.25, -0.2) is 8.78 Å². The van der Waals surface area contributed by atoms with Crippen LogP contribution in [0.3, 0.4) is 0 Å². The number of halogens is 2. The first-order valence-corrected chi connectivity index (χ1v) is 3.99. The summed E-state index contributed by atoms with van der Waals surface area (Å²) in [6.45, 7) is 1.49. The van der Waals surface area contributed by atoms with E-state index in [0.29, 0.717) is 5.56 Å². The van der Waals surface area contributed by atoms with Crippen molar-refractivity contribution in [1.29, 1.82) is 0 Å². The Kier molecular flexibility index (Phi) is 3.12. The van der Waals surface area contributed by atoms with Gasteiger partial charge in [0.2, 0.25) is 5.78 Å². The van der Waals surface area contributed by atoms with Crippen LogP contribution in [0.4, 0.5) is 8.78 Å². The van der Waals surface area contributed by atoms with Crippen LogP contribution in [0.25, 0.3) is 0 Å². The van der Waals surface area contributed by atoms with Crippen LogP contribution in [-0.4, -0.2) is 12.2 Å². The molecule has 0 aromatic heterocycles. The van der Waals surface area contributed by atoms with E-state index in [1.54, 1.807) is 30.3 Å². The number of alkyl halides is 2. The minimum atomic E-state index is -2.88. The highest BCUT2D eigenvalue weighted by molar-refractivity contribution is 5.87. The van der Waals surface area contributed by atoms with Gasteiger partial charge < -0.3 is 0 Å². The van der Waals surface area contributed by atoms with Crippen molar-refractivity contribution < 1.29 is 13.6 Å². The Bertz CT molecular complexity index is 282. The molecule has 70 valence electrons. The minimum Gasteiger partial charge on any atom is -0.293 e. The molecule has 0 radical (unpaired) electrons. The number of rotatable bonds is 3. The Morgan fingerprint density at radius 1 is 1.23 bits per heavy atom. The van der Waals surface area contributed by atoms with E-state index in [2.05, 4.69) is 0 Å². The summed E-state index contributed by atoms with van der Waals surface area (Å²) in [6.07, 6.45) is -2.88. The first kappa shape index (κ1) is 9.84. The zero-order valence-corrected chi connectivity index (χ0v) is 7.21. The van der Waals surface area contributed by atoms with E-state index in [1.165, 1.54) is 6.92 Å². The summed E-state index contributed by atoms with van der Waals surface area (Å²) in [5.74, 6) is -1.74. The lowest BCUT2D eigenvalue weighted by molar-refractivity contribution is -0.130. The van der Waals surface area contributed by atoms with Crippen molar-refractivity contribution in [1.82, 2.24) is 0 Å². The second-order valence-corrected chi connectivity index (χ2v) is 2.84. The van der Waals surface area contributed by atoms with Crippen LogP contribution >= 0.6 is 0 Å². The fourth-order valence-electron chi connectivity index (χ4n) is 1.09. The van der Waals surface area contributed by atoms with Gasteiger partial charge >= 0.3 is 0 Å². The van der Waals surface area contributed by atoms with Crippen LogP contribution in [0.2, 0.25) is 0 Å². The van der Waals surface area contributed by atoms with Crippen molar-refractivity contribution in [2.75, 3.05) is 0 Å². The smallest absolute Gasteiger partial charge is 0.293 e. The number of carbonyl (C=O) groups excluding carboxylic acids is 1. The molecule has 1 atom stereocenters. The van der Waals surface area contributed by atoms with Crippen molar-refractivity contribution in [2.24, 2.45) is 0 Å². The molecule has 1 nitrogen and oxygen atoms in total. The van der Waals surface area contributed by atoms with Gasteiger partial charge in [0.15, 0.2) is 0 Å². The fraction of sp³-hybridized carbons (Fsp3) is 0.300. The summed E-state index contributed by atoms with van der Waals surface area (Å²) in [6, 6.07) is 8.58. The Hall–Kier alpha value is -1.25. The maximum atomic E-state index is 12.0. The molecule has 0 saturated heterocycles. The summed E-state index contributed by atoms with van der Waals surface area (Å²) in [5, 5.41) is 0. The molecule has 1 unspecified atom stereocenters. The van der Waals surface area contributed by atoms with Gasteiger partial charge in [-0.2, -0.15) is 0 Å². The lowest BCUT2D eigenvalue weighted by atomic mass is 9.97. The Morgan fingerprint density at radius 2 is 1.77 bits per heavy atom. The molecule has 0 aliphatic heterocycles. The molecule has 1 aromatic rings. The van der Waals surface area contributed by atoms with E-state index in [9.17, 15) is 13.6 Å². The maximum absolute atomic E-state index is 12.0. The lowest BCUT2D eigenvalue weighted by Crippen LogP contribution is -2.17. The molecule has 3 heteroatoms. The number of Topliss-reactive ketones (excluding diaryl/α,β-unsaturated/α-hetero) is 1. The summed E-state index contributed by atoms with van der Waals surface area (Å²) >= 11 is 0. The second-order valence-electron chi connectivity index (χ2n) is 2.84. The zero-order chi connectivity index (χ0) is 9.84. The highest BCUT2D eigenvalue weighted by Gasteiger charge is 2.23. The first-order chi connectivity index (χ1) is 6.13. The van der Waals surface area contributed by atoms with Gasteiger partial charge in [-0.3, -0.25) is 4.79 Å². The van der Waals surface area contributed by atoms with Gasteiger partial charge in [0.1, 0.15) is 0 Å². The Morgan fingerprint density at radius 3 is 2.23 bits per heavy atom. The van der Waals surface area contributed by atoms with Crippen LogP contribution in [0, 0.1) is 0 Å². The van der Waals surface area contributed by atoms with Crippen molar-refractivity contribution >= 4 is 5.78 Å². The molecule has 0 bridgehead atoms. The number of hydrogen-bond acceptors (Lipinski definition) is 1. The lowest BCUT2D eigenvalue weighted by Gasteiger charge is -2.09. The van der Waals surface area contributed by atoms with Gasteiger partial charge in [-0.1, -0.05) is 37.3 Å². The molecule has 0 spiro atoms. The monoisotopic (exact) mass is 184 g/mol. The van der Waals surface area contributed by atoms with Crippen molar-refractivity contribution in [3.8, 4) is 0 Å². The molecule has 0 fully saturated rings. The minimum absolute atomic E-state index is 0.632. The van der Waals surface area contributed by atoms with Crippen LogP contribution in [0.5, 0.6) is 0 Å². The van der Waals surface area contributed by atoms with Crippen molar-refractivity contribution in [3.05, 3.63) is 35.9 Å². The number of benzene rings is 1. The summed E-state index contributed by atoms with van der Waals surface area (Å²) in [5.41, 5.74) is 0.632. The van der Waals surface area contributed by atoms with E-state index in [4.69, 9.17) is 0 Å². The van der Waals surface area contributed by atoms with Gasteiger partial charge in [0.05, 0.1) is 0 Å². The topological polar surface area (TPSA) is 17.1 Å². The van der Waals surface area contributed by atoms with E-state index in [0.717, 1.165) is 0 Å². The number of ketones is 1. The van der Waals surface area contributed by atoms with E-state index in [-0.39, 0.29) is 0 Å². The Labute approximate surface area is 75.4 Å². The molecule has 0 heterocycles. The quantitative estimate of drug-likeness (QED) is 0.705. The largest absolute Gasteiger partial charge is 0.296 e. The average molecular weight is 184 g/mol. The van der Waals surface area contributed by atoms with Crippen LogP contribution in [-0.2, 0) is 4.79 Å². The normalized spacial score (nSPS) is 12.9. The third-order valence-electron chi connectivity index (χ3n) is 1.94. The highest BCUT2D eigenvalue weighted by Crippen LogP contribution is 2.18. The molecule has 0 aliphatic rings. The molecule has 1 aromatic carbocycles. The van der Waals surface area contributed by atoms with E-state index < -0.39 is 18.1 Å². The van der Waals surface area contributed by atoms with Gasteiger partial charge in [0.25, 0.3) is 6.43 Å². The molecular weight excluding hydrogens is 174 g/mol. The molecule has 13 heavy (non-hydrogen) atoms. The third-order valence-corrected chi connectivity index (χ3v) is 1.94. The zero-order valence-electron chi connectivity index (χ0n) is 7.21. The van der Waals surface area contributed by atoms with Crippen LogP contribution < -0.4 is 0 Å². The standard InChI is InChI=1S/C10H10F2O/c1-7(9(13)10(11)12)8-5-3-2-4-6-8/h2-7,10H,1H3. The summed E-state index contributed by atoms with van der Waals surface area (Å²) in [4.78, 5) is 10.9. The van der Waals surface area contributed by atoms with E-state index >= 15 is 0 Å². The number of hydrogen-bond donors (Lipinski definition) is 0. The van der Waals surface area contributed by atoms with Gasteiger partial charge in [-0.15, -0.1) is 0 Å². The summed E-state index contributed by atoms with van der Waals surface area (Å²) in [7, 11) is 0. The van der Waals surface area contributed by atoms with Gasteiger partial charge in [0, 0.05) is 5.92 Å². The predicted octanol–water partition coefficient (Wildman–Crippen LogP) is 2.62. The predicted molar refractivity (Wildman–Crippen MR) is 45.9 cm³/mol. The first-order valence-electron chi connectivity index (χ1n) is 3.99. The maximum Gasteiger partial charge on any atom is 0.296 e. The second kappa shape index (κ2) is 4.12. The molecule has 0 amide bonds. The molecular formula is C10H10F2O.